The third-order valence-electron chi connectivity index (χ3n) is 8.16. The Morgan fingerprint density at radius 2 is 0.553 bits per heavy atom. The van der Waals surface area contributed by atoms with Gasteiger partial charge >= 0.3 is 0 Å². The fraction of sp³-hybridized carbons (Fsp3) is 0.971. The summed E-state index contributed by atoms with van der Waals surface area (Å²) in [6.07, 6.45) is 44.1. The molecule has 1 amide bonds. The van der Waals surface area contributed by atoms with E-state index in [2.05, 4.69) is 22.6 Å². The number of alkyl halides is 1. The number of hydrogen-bond donors (Lipinski definition) is 2. The topological polar surface area (TPSA) is 49.3 Å². The minimum Gasteiger partial charge on any atom is -0.289 e. The van der Waals surface area contributed by atoms with E-state index in [1.807, 2.05) is 0 Å². The molecule has 0 aliphatic heterocycles. The van der Waals surface area contributed by atoms with E-state index in [-0.39, 0.29) is 5.91 Å². The molecule has 0 unspecified atom stereocenters. The van der Waals surface area contributed by atoms with Crippen molar-refractivity contribution in [3.8, 4) is 0 Å². The molecule has 38 heavy (non-hydrogen) atoms. The van der Waals surface area contributed by atoms with E-state index in [0.29, 0.717) is 6.42 Å². The smallest absolute Gasteiger partial charge is 0.243 e. The van der Waals surface area contributed by atoms with E-state index in [1.165, 1.54) is 191 Å². The van der Waals surface area contributed by atoms with Gasteiger partial charge in [0.25, 0.3) is 0 Å². The van der Waals surface area contributed by atoms with Crippen molar-refractivity contribution in [1.29, 1.82) is 0 Å². The SMILES string of the molecule is O=C(CCCCCCCCCCCCCCCCCCCCCCCCCCCCCCCCCI)NO. The van der Waals surface area contributed by atoms with Crippen molar-refractivity contribution >= 4 is 28.5 Å². The molecule has 0 rings (SSSR count). The lowest BCUT2D eigenvalue weighted by Gasteiger charge is -2.05. The second-order valence-electron chi connectivity index (χ2n) is 11.9. The van der Waals surface area contributed by atoms with Crippen molar-refractivity contribution in [2.75, 3.05) is 4.43 Å². The Morgan fingerprint density at radius 3 is 0.737 bits per heavy atom. The van der Waals surface area contributed by atoms with Gasteiger partial charge in [-0.15, -0.1) is 0 Å². The van der Waals surface area contributed by atoms with Crippen LogP contribution in [0.4, 0.5) is 0 Å². The second-order valence-corrected chi connectivity index (χ2v) is 13.0. The number of hydrogen-bond acceptors (Lipinski definition) is 2. The summed E-state index contributed by atoms with van der Waals surface area (Å²) in [6, 6.07) is 0. The van der Waals surface area contributed by atoms with Gasteiger partial charge in [0.2, 0.25) is 5.91 Å². The van der Waals surface area contributed by atoms with Crippen LogP contribution in [0.1, 0.15) is 205 Å². The van der Waals surface area contributed by atoms with Gasteiger partial charge in [-0.3, -0.25) is 10.0 Å². The van der Waals surface area contributed by atoms with Gasteiger partial charge in [-0.2, -0.15) is 0 Å². The molecule has 0 saturated carbocycles. The van der Waals surface area contributed by atoms with E-state index in [1.54, 1.807) is 5.48 Å². The summed E-state index contributed by atoms with van der Waals surface area (Å²) in [4.78, 5) is 10.9. The summed E-state index contributed by atoms with van der Waals surface area (Å²) in [6.45, 7) is 0. The molecule has 0 spiro atoms. The molecule has 0 fully saturated rings. The van der Waals surface area contributed by atoms with E-state index in [9.17, 15) is 4.79 Å². The average molecular weight is 650 g/mol. The fourth-order valence-electron chi connectivity index (χ4n) is 5.56. The van der Waals surface area contributed by atoms with Crippen LogP contribution in [0, 0.1) is 0 Å². The van der Waals surface area contributed by atoms with Crippen molar-refractivity contribution < 1.29 is 10.0 Å². The maximum atomic E-state index is 10.9. The Morgan fingerprint density at radius 1 is 0.368 bits per heavy atom. The molecule has 0 heterocycles. The molecule has 2 N–H and O–H groups in total. The van der Waals surface area contributed by atoms with Crippen molar-refractivity contribution in [1.82, 2.24) is 5.48 Å². The molecule has 0 aliphatic rings. The standard InChI is InChI=1S/C34H68INO2/c35-33-31-29-27-25-23-21-19-17-15-13-11-9-7-5-3-1-2-4-6-8-10-12-14-16-18-20-22-24-26-28-30-32-34(37)36-38/h38H,1-33H2,(H,36,37). The highest BCUT2D eigenvalue weighted by Crippen LogP contribution is 2.16. The van der Waals surface area contributed by atoms with Gasteiger partial charge in [0.05, 0.1) is 0 Å². The zero-order valence-corrected chi connectivity index (χ0v) is 27.7. The zero-order valence-electron chi connectivity index (χ0n) is 25.6. The molecule has 0 aromatic rings. The molecule has 3 nitrogen and oxygen atoms in total. The van der Waals surface area contributed by atoms with E-state index >= 15 is 0 Å². The lowest BCUT2D eigenvalue weighted by atomic mass is 10.0. The second kappa shape index (κ2) is 35.2. The van der Waals surface area contributed by atoms with Crippen molar-refractivity contribution in [2.45, 2.75) is 205 Å². The van der Waals surface area contributed by atoms with Gasteiger partial charge in [-0.25, -0.2) is 5.48 Å². The first-order valence-electron chi connectivity index (χ1n) is 17.3. The molecule has 4 heteroatoms. The predicted molar refractivity (Wildman–Crippen MR) is 177 cm³/mol. The molecule has 0 aromatic carbocycles. The minimum absolute atomic E-state index is 0.254. The van der Waals surface area contributed by atoms with Crippen LogP contribution in [0.3, 0.4) is 0 Å². The number of rotatable bonds is 33. The van der Waals surface area contributed by atoms with Gasteiger partial charge in [0, 0.05) is 6.42 Å². The van der Waals surface area contributed by atoms with Crippen LogP contribution < -0.4 is 5.48 Å². The number of nitrogens with one attached hydrogen (secondary N) is 1. The van der Waals surface area contributed by atoms with Crippen molar-refractivity contribution in [2.24, 2.45) is 0 Å². The highest BCUT2D eigenvalue weighted by molar-refractivity contribution is 14.1. The minimum atomic E-state index is -0.254. The van der Waals surface area contributed by atoms with Gasteiger partial charge < -0.3 is 0 Å². The summed E-state index contributed by atoms with van der Waals surface area (Å²) in [5.41, 5.74) is 1.70. The van der Waals surface area contributed by atoms with Crippen molar-refractivity contribution in [3.63, 3.8) is 0 Å². The third kappa shape index (κ3) is 34.2. The quantitative estimate of drug-likeness (QED) is 0.0244. The molecule has 0 saturated heterocycles. The summed E-state index contributed by atoms with van der Waals surface area (Å²) in [5.74, 6) is -0.254. The predicted octanol–water partition coefficient (Wildman–Crippen LogP) is 12.4. The Labute approximate surface area is 253 Å². The third-order valence-corrected chi connectivity index (χ3v) is 8.92. The Kier molecular flexibility index (Phi) is 35.3. The van der Waals surface area contributed by atoms with Crippen LogP contribution in [0.2, 0.25) is 0 Å². The largest absolute Gasteiger partial charge is 0.289 e. The average Bonchev–Trinajstić information content (AvgIpc) is 2.93. The van der Waals surface area contributed by atoms with Crippen LogP contribution in [0.25, 0.3) is 0 Å². The lowest BCUT2D eigenvalue weighted by Crippen LogP contribution is -2.17. The summed E-state index contributed by atoms with van der Waals surface area (Å²) in [7, 11) is 0. The number of carbonyl (C=O) groups is 1. The van der Waals surface area contributed by atoms with Gasteiger partial charge in [0.1, 0.15) is 0 Å². The zero-order chi connectivity index (χ0) is 27.6. The summed E-state index contributed by atoms with van der Waals surface area (Å²) >= 11 is 2.50. The highest BCUT2D eigenvalue weighted by Gasteiger charge is 1.99. The molecule has 0 aliphatic carbocycles. The first kappa shape index (κ1) is 38.2. The number of hydroxylamine groups is 1. The van der Waals surface area contributed by atoms with Crippen LogP contribution in [-0.2, 0) is 4.79 Å². The maximum Gasteiger partial charge on any atom is 0.243 e. The van der Waals surface area contributed by atoms with Crippen LogP contribution in [-0.4, -0.2) is 15.5 Å². The van der Waals surface area contributed by atoms with Crippen molar-refractivity contribution in [3.05, 3.63) is 0 Å². The van der Waals surface area contributed by atoms with Crippen LogP contribution in [0.5, 0.6) is 0 Å². The van der Waals surface area contributed by atoms with Gasteiger partial charge in [-0.05, 0) is 17.3 Å². The molecular weight excluding hydrogens is 581 g/mol. The first-order valence-corrected chi connectivity index (χ1v) is 18.8. The fourth-order valence-corrected chi connectivity index (χ4v) is 6.10. The number of carbonyl (C=O) groups excluding carboxylic acids is 1. The molecular formula is C34H68INO2. The van der Waals surface area contributed by atoms with E-state index in [4.69, 9.17) is 5.21 Å². The number of unbranched alkanes of at least 4 members (excludes halogenated alkanes) is 30. The molecule has 0 aromatic heterocycles. The molecule has 0 bridgehead atoms. The van der Waals surface area contributed by atoms with Crippen LogP contribution >= 0.6 is 22.6 Å². The maximum absolute atomic E-state index is 10.9. The number of amides is 1. The Balaban J connectivity index is 3.03. The van der Waals surface area contributed by atoms with E-state index < -0.39 is 0 Å². The first-order chi connectivity index (χ1) is 18.8. The Hall–Kier alpha value is 0.160. The lowest BCUT2D eigenvalue weighted by molar-refractivity contribution is -0.129. The number of halogens is 1. The Bertz CT molecular complexity index is 446. The molecule has 0 radical (unpaired) electrons. The normalized spacial score (nSPS) is 11.3. The van der Waals surface area contributed by atoms with E-state index in [0.717, 1.165) is 12.8 Å². The van der Waals surface area contributed by atoms with Crippen LogP contribution in [0.15, 0.2) is 0 Å². The highest BCUT2D eigenvalue weighted by atomic mass is 127. The van der Waals surface area contributed by atoms with Gasteiger partial charge in [0.15, 0.2) is 0 Å². The molecule has 228 valence electrons. The van der Waals surface area contributed by atoms with Gasteiger partial charge in [-0.1, -0.05) is 209 Å². The summed E-state index contributed by atoms with van der Waals surface area (Å²) in [5, 5.41) is 8.45. The molecule has 0 atom stereocenters. The monoisotopic (exact) mass is 649 g/mol. The summed E-state index contributed by atoms with van der Waals surface area (Å²) < 4.78 is 1.34.